The number of rotatable bonds is 4. The Balaban J connectivity index is 0.000000795. The van der Waals surface area contributed by atoms with Crippen molar-refractivity contribution in [3.05, 3.63) is 35.9 Å². The van der Waals surface area contributed by atoms with Gasteiger partial charge in [0.05, 0.1) is 12.7 Å². The molecule has 1 N–H and O–H groups in total. The van der Waals surface area contributed by atoms with E-state index in [9.17, 15) is 14.7 Å². The van der Waals surface area contributed by atoms with E-state index in [1.54, 1.807) is 11.8 Å². The molecule has 1 aliphatic rings. The number of carbonyl (C=O) groups excluding carboxylic acids is 2. The third kappa shape index (κ3) is 11.6. The number of hydrogen-bond acceptors (Lipinski definition) is 5. The van der Waals surface area contributed by atoms with Gasteiger partial charge in [-0.05, 0) is 46.1 Å². The average molecular weight is 488 g/mol. The monoisotopic (exact) mass is 487 g/mol. The average Bonchev–Trinajstić information content (AvgIpc) is 2.74. The molecule has 0 radical (unpaired) electrons. The van der Waals surface area contributed by atoms with Gasteiger partial charge in [0.15, 0.2) is 0 Å². The maximum Gasteiger partial charge on any atom is 0.410 e. The topological polar surface area (TPSA) is 76.1 Å². The van der Waals surface area contributed by atoms with E-state index < -0.39 is 11.7 Å². The van der Waals surface area contributed by atoms with Gasteiger partial charge in [-0.2, -0.15) is 0 Å². The number of hydrogen-bond donors (Lipinski definition) is 1. The number of halogens is 1. The summed E-state index contributed by atoms with van der Waals surface area (Å²) in [6.07, 6.45) is 1.01. The summed E-state index contributed by atoms with van der Waals surface area (Å²) in [6, 6.07) is 9.64. The van der Waals surface area contributed by atoms with E-state index in [0.29, 0.717) is 25.0 Å². The number of ether oxygens (including phenoxy) is 2. The van der Waals surface area contributed by atoms with E-state index in [2.05, 4.69) is 20.7 Å². The van der Waals surface area contributed by atoms with Crippen LogP contribution in [0.5, 0.6) is 0 Å². The highest BCUT2D eigenvalue weighted by Gasteiger charge is 2.31. The summed E-state index contributed by atoms with van der Waals surface area (Å²) in [5, 5.41) is 10.8. The number of benzene rings is 1. The lowest BCUT2D eigenvalue weighted by Gasteiger charge is -2.36. The Morgan fingerprint density at radius 2 is 1.83 bits per heavy atom. The molecule has 0 aromatic heterocycles. The van der Waals surface area contributed by atoms with Crippen LogP contribution in [0.4, 0.5) is 4.79 Å². The second-order valence-corrected chi connectivity index (χ2v) is 8.18. The summed E-state index contributed by atoms with van der Waals surface area (Å²) in [4.78, 5) is 24.0. The largest absolute Gasteiger partial charge is 0.465 e. The summed E-state index contributed by atoms with van der Waals surface area (Å²) in [5.41, 5.74) is 0.427. The fraction of sp³-hybridized carbons (Fsp3) is 0.652. The van der Waals surface area contributed by atoms with Crippen molar-refractivity contribution in [2.75, 3.05) is 25.0 Å². The van der Waals surface area contributed by atoms with Crippen molar-refractivity contribution in [3.63, 3.8) is 0 Å². The molecule has 30 heavy (non-hydrogen) atoms. The molecule has 2 atom stereocenters. The van der Waals surface area contributed by atoms with Crippen LogP contribution < -0.4 is 0 Å². The number of carbonyl (C=O) groups is 2. The first kappa shape index (κ1) is 28.4. The standard InChI is InChI=1S/C17H25NO3.C4H7BrO2.C2H6/c1-17(2,3)21-16(20)18-11-7-10-14(12-18)15(19)13-8-5-4-6-9-13;1-2-7-4(6)3-5;1-2/h4-6,8-9,14-15,19H,7,10-12H2,1-3H3;2-3H2,1H3;1-2H3. The molecule has 172 valence electrons. The summed E-state index contributed by atoms with van der Waals surface area (Å²) < 4.78 is 9.92. The van der Waals surface area contributed by atoms with Gasteiger partial charge >= 0.3 is 12.1 Å². The first-order valence-corrected chi connectivity index (χ1v) is 11.7. The molecule has 1 fully saturated rings. The van der Waals surface area contributed by atoms with Crippen molar-refractivity contribution in [1.82, 2.24) is 4.90 Å². The molecule has 1 aromatic carbocycles. The molecule has 1 saturated heterocycles. The Bertz CT molecular complexity index is 603. The summed E-state index contributed by atoms with van der Waals surface area (Å²) >= 11 is 2.94. The number of esters is 1. The van der Waals surface area contributed by atoms with Crippen LogP contribution in [0.1, 0.15) is 66.1 Å². The lowest BCUT2D eigenvalue weighted by atomic mass is 9.89. The van der Waals surface area contributed by atoms with Crippen LogP contribution in [-0.4, -0.2) is 52.7 Å². The van der Waals surface area contributed by atoms with Gasteiger partial charge in [0.25, 0.3) is 0 Å². The quantitative estimate of drug-likeness (QED) is 0.458. The van der Waals surface area contributed by atoms with Gasteiger partial charge in [-0.3, -0.25) is 4.79 Å². The van der Waals surface area contributed by atoms with Crippen molar-refractivity contribution >= 4 is 28.0 Å². The van der Waals surface area contributed by atoms with Crippen LogP contribution in [0.15, 0.2) is 30.3 Å². The van der Waals surface area contributed by atoms with Crippen molar-refractivity contribution in [2.45, 2.75) is 66.1 Å². The van der Waals surface area contributed by atoms with Gasteiger partial charge in [0, 0.05) is 19.0 Å². The third-order valence-electron chi connectivity index (χ3n) is 4.11. The van der Waals surface area contributed by atoms with Crippen LogP contribution in [-0.2, 0) is 14.3 Å². The Hall–Kier alpha value is -1.60. The molecule has 0 spiro atoms. The van der Waals surface area contributed by atoms with Crippen LogP contribution in [0.3, 0.4) is 0 Å². The van der Waals surface area contributed by atoms with Crippen LogP contribution >= 0.6 is 15.9 Å². The fourth-order valence-electron chi connectivity index (χ4n) is 2.88. The molecule has 7 heteroatoms. The number of piperidine rings is 1. The minimum Gasteiger partial charge on any atom is -0.465 e. The molecular formula is C23H38BrNO5. The van der Waals surface area contributed by atoms with Crippen LogP contribution in [0, 0.1) is 5.92 Å². The molecule has 1 aromatic rings. The fourth-order valence-corrected chi connectivity index (χ4v) is 3.04. The van der Waals surface area contributed by atoms with Crippen molar-refractivity contribution in [3.8, 4) is 0 Å². The van der Waals surface area contributed by atoms with Crippen molar-refractivity contribution in [2.24, 2.45) is 5.92 Å². The second-order valence-electron chi connectivity index (χ2n) is 7.62. The summed E-state index contributed by atoms with van der Waals surface area (Å²) in [7, 11) is 0. The number of likely N-dealkylation sites (tertiary alicyclic amines) is 1. The molecular weight excluding hydrogens is 450 g/mol. The van der Waals surface area contributed by atoms with Gasteiger partial charge in [0.2, 0.25) is 0 Å². The first-order valence-electron chi connectivity index (χ1n) is 10.6. The Morgan fingerprint density at radius 3 is 2.30 bits per heavy atom. The molecule has 0 bridgehead atoms. The maximum absolute atomic E-state index is 12.1. The minimum absolute atomic E-state index is 0.0636. The number of aliphatic hydroxyl groups is 1. The molecule has 0 aliphatic carbocycles. The van der Waals surface area contributed by atoms with Gasteiger partial charge in [-0.1, -0.05) is 60.1 Å². The van der Waals surface area contributed by atoms with Crippen LogP contribution in [0.25, 0.3) is 0 Å². The van der Waals surface area contributed by atoms with Crippen LogP contribution in [0.2, 0.25) is 0 Å². The SMILES string of the molecule is CC.CC(C)(C)OC(=O)N1CCCC(C(O)c2ccccc2)C1.CCOC(=O)CBr. The zero-order valence-corrected chi connectivity index (χ0v) is 20.8. The Morgan fingerprint density at radius 1 is 1.23 bits per heavy atom. The van der Waals surface area contributed by atoms with E-state index in [0.717, 1.165) is 18.4 Å². The summed E-state index contributed by atoms with van der Waals surface area (Å²) in [5.74, 6) is -0.142. The van der Waals surface area contributed by atoms with E-state index in [1.807, 2.05) is 65.0 Å². The summed E-state index contributed by atoms with van der Waals surface area (Å²) in [6.45, 7) is 13.1. The lowest BCUT2D eigenvalue weighted by molar-refractivity contribution is -0.139. The number of nitrogens with zero attached hydrogens (tertiary/aromatic N) is 1. The Kier molecular flexibility index (Phi) is 14.4. The predicted molar refractivity (Wildman–Crippen MR) is 124 cm³/mol. The van der Waals surface area contributed by atoms with E-state index in [-0.39, 0.29) is 18.0 Å². The smallest absolute Gasteiger partial charge is 0.410 e. The minimum atomic E-state index is -0.531. The molecule has 0 saturated carbocycles. The zero-order chi connectivity index (χ0) is 23.2. The molecule has 6 nitrogen and oxygen atoms in total. The Labute approximate surface area is 190 Å². The highest BCUT2D eigenvalue weighted by atomic mass is 79.9. The molecule has 2 rings (SSSR count). The number of alkyl halides is 1. The normalized spacial score (nSPS) is 16.8. The van der Waals surface area contributed by atoms with Gasteiger partial charge in [0.1, 0.15) is 10.9 Å². The zero-order valence-electron chi connectivity index (χ0n) is 19.2. The molecule has 1 aliphatic heterocycles. The van der Waals surface area contributed by atoms with E-state index in [4.69, 9.17) is 4.74 Å². The second kappa shape index (κ2) is 15.2. The third-order valence-corrected chi connectivity index (χ3v) is 4.57. The predicted octanol–water partition coefficient (Wildman–Crippen LogP) is 5.34. The van der Waals surface area contributed by atoms with Gasteiger partial charge in [-0.25, -0.2) is 4.79 Å². The van der Waals surface area contributed by atoms with Gasteiger partial charge < -0.3 is 19.5 Å². The van der Waals surface area contributed by atoms with Gasteiger partial charge in [-0.15, -0.1) is 0 Å². The van der Waals surface area contributed by atoms with Crippen molar-refractivity contribution in [1.29, 1.82) is 0 Å². The molecule has 1 amide bonds. The molecule has 2 unspecified atom stereocenters. The van der Waals surface area contributed by atoms with E-state index >= 15 is 0 Å². The molecule has 1 heterocycles. The van der Waals surface area contributed by atoms with E-state index in [1.165, 1.54) is 0 Å². The maximum atomic E-state index is 12.1. The number of amides is 1. The highest BCUT2D eigenvalue weighted by molar-refractivity contribution is 9.09. The van der Waals surface area contributed by atoms with Crippen molar-refractivity contribution < 1.29 is 24.2 Å². The lowest BCUT2D eigenvalue weighted by Crippen LogP contribution is -2.44. The number of aliphatic hydroxyl groups excluding tert-OH is 1. The first-order chi connectivity index (χ1) is 14.2. The highest BCUT2D eigenvalue weighted by Crippen LogP contribution is 2.30.